The molecule has 1 aromatic carbocycles. The number of aromatic nitrogens is 2. The van der Waals surface area contributed by atoms with Crippen molar-refractivity contribution in [1.82, 2.24) is 14.3 Å². The highest BCUT2D eigenvalue weighted by molar-refractivity contribution is 7.06. The van der Waals surface area contributed by atoms with Crippen molar-refractivity contribution in [3.8, 4) is 5.75 Å². The first kappa shape index (κ1) is 18.5. The van der Waals surface area contributed by atoms with Gasteiger partial charge in [-0.1, -0.05) is 0 Å². The van der Waals surface area contributed by atoms with E-state index in [0.29, 0.717) is 19.7 Å². The summed E-state index contributed by atoms with van der Waals surface area (Å²) in [7, 11) is 0. The van der Waals surface area contributed by atoms with E-state index in [1.54, 1.807) is 0 Å². The van der Waals surface area contributed by atoms with E-state index in [4.69, 9.17) is 10.5 Å². The molecule has 4 rings (SSSR count). The summed E-state index contributed by atoms with van der Waals surface area (Å²) in [6, 6.07) is 5.57. The maximum absolute atomic E-state index is 11.6. The molecule has 1 aliphatic rings. The number of nitrogens with two attached hydrogens (primary N) is 1. The Morgan fingerprint density at radius 1 is 1.46 bits per heavy atom. The molecule has 0 spiro atoms. The highest BCUT2D eigenvalue weighted by Gasteiger charge is 2.26. The van der Waals surface area contributed by atoms with Crippen LogP contribution >= 0.6 is 11.5 Å². The Labute approximate surface area is 166 Å². The molecule has 146 valence electrons. The molecule has 7 nitrogen and oxygen atoms in total. The first-order valence-corrected chi connectivity index (χ1v) is 9.96. The van der Waals surface area contributed by atoms with Crippen LogP contribution in [0.5, 0.6) is 5.75 Å². The fourth-order valence-electron chi connectivity index (χ4n) is 3.49. The van der Waals surface area contributed by atoms with Gasteiger partial charge in [0.1, 0.15) is 5.75 Å². The van der Waals surface area contributed by atoms with Crippen LogP contribution in [0.4, 0.5) is 0 Å². The number of carboxylic acids is 1. The molecule has 0 fully saturated rings. The number of aromatic amines is 1. The van der Waals surface area contributed by atoms with E-state index in [0.717, 1.165) is 39.1 Å². The quantitative estimate of drug-likeness (QED) is 0.503. The van der Waals surface area contributed by atoms with Crippen molar-refractivity contribution < 1.29 is 14.6 Å². The van der Waals surface area contributed by atoms with Crippen LogP contribution in [-0.2, 0) is 11.3 Å². The molecule has 1 aliphatic heterocycles. The van der Waals surface area contributed by atoms with Crippen molar-refractivity contribution in [3.05, 3.63) is 52.8 Å². The summed E-state index contributed by atoms with van der Waals surface area (Å²) >= 11 is 1.45. The van der Waals surface area contributed by atoms with Gasteiger partial charge in [-0.15, -0.1) is 0 Å². The average Bonchev–Trinajstić information content (AvgIpc) is 3.32. The van der Waals surface area contributed by atoms with E-state index in [-0.39, 0.29) is 12.5 Å². The lowest BCUT2D eigenvalue weighted by Crippen LogP contribution is -2.27. The number of benzene rings is 1. The molecule has 0 saturated heterocycles. The van der Waals surface area contributed by atoms with Crippen molar-refractivity contribution in [2.75, 3.05) is 13.2 Å². The van der Waals surface area contributed by atoms with Gasteiger partial charge in [0.25, 0.3) is 0 Å². The minimum atomic E-state index is -0.830. The fraction of sp³-hybridized carbons (Fsp3) is 0.300. The number of carbonyl (C=O) groups is 1. The van der Waals surface area contributed by atoms with E-state index in [1.807, 2.05) is 42.9 Å². The minimum Gasteiger partial charge on any atom is -0.493 e. The Balaban J connectivity index is 1.63. The lowest BCUT2D eigenvalue weighted by molar-refractivity contribution is -0.138. The summed E-state index contributed by atoms with van der Waals surface area (Å²) < 4.78 is 9.94. The van der Waals surface area contributed by atoms with Crippen molar-refractivity contribution in [2.45, 2.75) is 25.4 Å². The minimum absolute atomic E-state index is 0.0128. The topological polar surface area (TPSA) is 104 Å². The standard InChI is InChI=1S/C20H22N4O3S/c21-5-1-7-27-14-2-3-15-16(11-22-17(15)8-14)18(9-20(25)26)24-6-4-19-13(12-24)10-23-28-19/h2-4,6,8,10-11,18,22H,1,5,7,9,12,21H2,(H,25,26). The van der Waals surface area contributed by atoms with Gasteiger partial charge in [-0.3, -0.25) is 4.79 Å². The second-order valence-electron chi connectivity index (χ2n) is 6.76. The second kappa shape index (κ2) is 8.04. The lowest BCUT2D eigenvalue weighted by Gasteiger charge is -2.31. The number of aliphatic carboxylic acids is 1. The normalized spacial score (nSPS) is 14.2. The van der Waals surface area contributed by atoms with E-state index < -0.39 is 5.97 Å². The summed E-state index contributed by atoms with van der Waals surface area (Å²) in [5, 5.41) is 10.5. The summed E-state index contributed by atoms with van der Waals surface area (Å²) in [5.74, 6) is -0.0558. The van der Waals surface area contributed by atoms with Crippen molar-refractivity contribution in [3.63, 3.8) is 0 Å². The molecule has 3 heterocycles. The van der Waals surface area contributed by atoms with Gasteiger partial charge in [-0.2, -0.15) is 0 Å². The number of H-pyrrole nitrogens is 1. The summed E-state index contributed by atoms with van der Waals surface area (Å²) in [4.78, 5) is 18.0. The number of carboxylic acid groups (broad SMARTS) is 1. The Hall–Kier alpha value is -2.84. The molecule has 4 N–H and O–H groups in total. The van der Waals surface area contributed by atoms with Gasteiger partial charge >= 0.3 is 5.97 Å². The van der Waals surface area contributed by atoms with E-state index in [2.05, 4.69) is 14.3 Å². The van der Waals surface area contributed by atoms with Gasteiger partial charge in [-0.05, 0) is 42.7 Å². The summed E-state index contributed by atoms with van der Waals surface area (Å²) in [6.07, 6.45) is 8.54. The largest absolute Gasteiger partial charge is 0.493 e. The van der Waals surface area contributed by atoms with E-state index in [1.165, 1.54) is 11.5 Å². The number of hydrogen-bond acceptors (Lipinski definition) is 6. The first-order chi connectivity index (χ1) is 13.7. The fourth-order valence-corrected chi connectivity index (χ4v) is 4.14. The van der Waals surface area contributed by atoms with Crippen LogP contribution in [0, 0.1) is 0 Å². The van der Waals surface area contributed by atoms with Crippen molar-refractivity contribution >= 4 is 34.5 Å². The number of fused-ring (bicyclic) bond motifs is 2. The molecule has 1 atom stereocenters. The SMILES string of the molecule is NCCCOc1ccc2c(C(CC(=O)O)N3C=Cc4sncc4C3)c[nH]c2c1. The average molecular weight is 398 g/mol. The number of nitrogens with one attached hydrogen (secondary N) is 1. The third kappa shape index (κ3) is 3.74. The molecular weight excluding hydrogens is 376 g/mol. The summed E-state index contributed by atoms with van der Waals surface area (Å²) in [5.41, 5.74) is 8.52. The Morgan fingerprint density at radius 3 is 3.18 bits per heavy atom. The van der Waals surface area contributed by atoms with Crippen LogP contribution < -0.4 is 10.5 Å². The third-order valence-corrected chi connectivity index (χ3v) is 5.68. The second-order valence-corrected chi connectivity index (χ2v) is 7.59. The monoisotopic (exact) mass is 398 g/mol. The van der Waals surface area contributed by atoms with Gasteiger partial charge in [0.05, 0.1) is 23.9 Å². The Kier molecular flexibility index (Phi) is 5.31. The third-order valence-electron chi connectivity index (χ3n) is 4.88. The molecule has 0 aliphatic carbocycles. The van der Waals surface area contributed by atoms with Crippen LogP contribution in [0.15, 0.2) is 36.8 Å². The molecular formula is C20H22N4O3S. The predicted octanol–water partition coefficient (Wildman–Crippen LogP) is 3.35. The number of hydrogen-bond donors (Lipinski definition) is 3. The Morgan fingerprint density at radius 2 is 2.36 bits per heavy atom. The lowest BCUT2D eigenvalue weighted by atomic mass is 9.99. The Bertz CT molecular complexity index is 1010. The molecule has 0 bridgehead atoms. The van der Waals surface area contributed by atoms with Crippen LogP contribution in [0.25, 0.3) is 17.0 Å². The highest BCUT2D eigenvalue weighted by atomic mass is 32.1. The molecule has 0 amide bonds. The van der Waals surface area contributed by atoms with Gasteiger partial charge in [0.15, 0.2) is 0 Å². The van der Waals surface area contributed by atoms with Crippen molar-refractivity contribution in [1.29, 1.82) is 0 Å². The van der Waals surface area contributed by atoms with Gasteiger partial charge in [-0.25, -0.2) is 4.37 Å². The molecule has 3 aromatic rings. The van der Waals surface area contributed by atoms with Crippen LogP contribution in [0.1, 0.15) is 34.9 Å². The molecule has 8 heteroatoms. The molecule has 28 heavy (non-hydrogen) atoms. The maximum Gasteiger partial charge on any atom is 0.305 e. The number of nitrogens with zero attached hydrogens (tertiary/aromatic N) is 2. The van der Waals surface area contributed by atoms with Crippen molar-refractivity contribution in [2.24, 2.45) is 5.73 Å². The van der Waals surface area contributed by atoms with Gasteiger partial charge < -0.3 is 25.5 Å². The van der Waals surface area contributed by atoms with Crippen LogP contribution in [0.3, 0.4) is 0 Å². The number of ether oxygens (including phenoxy) is 1. The first-order valence-electron chi connectivity index (χ1n) is 9.19. The zero-order chi connectivity index (χ0) is 19.5. The predicted molar refractivity (Wildman–Crippen MR) is 109 cm³/mol. The zero-order valence-electron chi connectivity index (χ0n) is 15.3. The van der Waals surface area contributed by atoms with E-state index >= 15 is 0 Å². The van der Waals surface area contributed by atoms with Crippen LogP contribution in [-0.4, -0.2) is 38.5 Å². The smallest absolute Gasteiger partial charge is 0.305 e. The maximum atomic E-state index is 11.6. The van der Waals surface area contributed by atoms with Crippen LogP contribution in [0.2, 0.25) is 0 Å². The highest BCUT2D eigenvalue weighted by Crippen LogP contribution is 2.36. The molecule has 0 saturated carbocycles. The molecule has 2 aromatic heterocycles. The zero-order valence-corrected chi connectivity index (χ0v) is 16.1. The number of rotatable bonds is 8. The molecule has 0 radical (unpaired) electrons. The molecule has 1 unspecified atom stereocenters. The van der Waals surface area contributed by atoms with Gasteiger partial charge in [0.2, 0.25) is 0 Å². The van der Waals surface area contributed by atoms with Gasteiger partial charge in [0, 0.05) is 53.2 Å². The summed E-state index contributed by atoms with van der Waals surface area (Å²) in [6.45, 7) is 1.82. The van der Waals surface area contributed by atoms with E-state index in [9.17, 15) is 9.90 Å².